The average Bonchev–Trinajstić information content (AvgIpc) is 3.01. The number of hydrogen-bond acceptors (Lipinski definition) is 5. The highest BCUT2D eigenvalue weighted by Gasteiger charge is 2.12. The number of nitrogens with two attached hydrogens (primary N) is 1. The van der Waals surface area contributed by atoms with Crippen molar-refractivity contribution < 1.29 is 13.2 Å². The lowest BCUT2D eigenvalue weighted by molar-refractivity contribution is 0.102. The molecule has 0 aliphatic carbocycles. The van der Waals surface area contributed by atoms with Gasteiger partial charge in [-0.3, -0.25) is 10.1 Å². The number of primary sulfonamides is 1. The first kappa shape index (κ1) is 18.5. The lowest BCUT2D eigenvalue weighted by Gasteiger charge is -2.03. The third-order valence-corrected chi connectivity index (χ3v) is 5.69. The number of halogens is 1. The monoisotopic (exact) mass is 407 g/mol. The van der Waals surface area contributed by atoms with Gasteiger partial charge in [0.15, 0.2) is 5.13 Å². The number of hydrogen-bond donors (Lipinski definition) is 2. The van der Waals surface area contributed by atoms with Gasteiger partial charge < -0.3 is 0 Å². The van der Waals surface area contributed by atoms with Gasteiger partial charge in [0.1, 0.15) is 0 Å². The lowest BCUT2D eigenvalue weighted by atomic mass is 10.1. The predicted molar refractivity (Wildman–Crippen MR) is 102 cm³/mol. The van der Waals surface area contributed by atoms with Crippen LogP contribution >= 0.6 is 22.9 Å². The van der Waals surface area contributed by atoms with Crippen LogP contribution < -0.4 is 10.5 Å². The van der Waals surface area contributed by atoms with E-state index < -0.39 is 10.0 Å². The largest absolute Gasteiger partial charge is 0.298 e. The van der Waals surface area contributed by atoms with Crippen LogP contribution in [0.5, 0.6) is 0 Å². The van der Waals surface area contributed by atoms with Crippen molar-refractivity contribution in [3.05, 3.63) is 75.8 Å². The Morgan fingerprint density at radius 1 is 1.15 bits per heavy atom. The molecule has 1 amide bonds. The van der Waals surface area contributed by atoms with Gasteiger partial charge in [0.2, 0.25) is 10.0 Å². The summed E-state index contributed by atoms with van der Waals surface area (Å²) >= 11 is 7.35. The summed E-state index contributed by atoms with van der Waals surface area (Å²) in [4.78, 5) is 17.4. The second-order valence-corrected chi connectivity index (χ2v) is 8.52. The maximum absolute atomic E-state index is 12.2. The Hall–Kier alpha value is -2.26. The number of carbonyl (C=O) groups is 1. The molecule has 0 aliphatic heterocycles. The molecule has 6 nitrogen and oxygen atoms in total. The predicted octanol–water partition coefficient (Wildman–Crippen LogP) is 3.29. The van der Waals surface area contributed by atoms with Crippen molar-refractivity contribution in [1.29, 1.82) is 0 Å². The molecular formula is C17H14ClN3O3S2. The van der Waals surface area contributed by atoms with Gasteiger partial charge in [0.05, 0.1) is 15.5 Å². The lowest BCUT2D eigenvalue weighted by Crippen LogP contribution is -2.12. The van der Waals surface area contributed by atoms with E-state index in [0.717, 1.165) is 10.4 Å². The summed E-state index contributed by atoms with van der Waals surface area (Å²) < 4.78 is 22.5. The van der Waals surface area contributed by atoms with E-state index in [0.29, 0.717) is 22.1 Å². The van der Waals surface area contributed by atoms with E-state index in [1.165, 1.54) is 23.5 Å². The number of nitrogens with one attached hydrogen (secondary N) is 1. The minimum atomic E-state index is -3.70. The van der Waals surface area contributed by atoms with E-state index in [1.54, 1.807) is 42.6 Å². The van der Waals surface area contributed by atoms with Crippen LogP contribution in [0.3, 0.4) is 0 Å². The zero-order chi connectivity index (χ0) is 18.7. The van der Waals surface area contributed by atoms with Gasteiger partial charge in [-0.25, -0.2) is 18.5 Å². The second-order valence-electron chi connectivity index (χ2n) is 5.43. The Morgan fingerprint density at radius 2 is 1.85 bits per heavy atom. The molecule has 0 fully saturated rings. The maximum atomic E-state index is 12.2. The molecule has 9 heteroatoms. The zero-order valence-electron chi connectivity index (χ0n) is 13.3. The van der Waals surface area contributed by atoms with Crippen molar-refractivity contribution in [2.45, 2.75) is 11.3 Å². The number of sulfonamides is 1. The van der Waals surface area contributed by atoms with Crippen molar-refractivity contribution in [2.75, 3.05) is 5.32 Å². The Kier molecular flexibility index (Phi) is 5.38. The second kappa shape index (κ2) is 7.55. The van der Waals surface area contributed by atoms with Crippen LogP contribution in [0.4, 0.5) is 5.13 Å². The fourth-order valence-electron chi connectivity index (χ4n) is 2.25. The van der Waals surface area contributed by atoms with Crippen molar-refractivity contribution in [3.8, 4) is 0 Å². The number of anilines is 1. The third-order valence-electron chi connectivity index (χ3n) is 3.52. The van der Waals surface area contributed by atoms with Gasteiger partial charge >= 0.3 is 0 Å². The maximum Gasteiger partial charge on any atom is 0.258 e. The number of nitrogens with zero attached hydrogens (tertiary/aromatic N) is 1. The fraction of sp³-hybridized carbons (Fsp3) is 0.0588. The van der Waals surface area contributed by atoms with E-state index in [1.807, 2.05) is 0 Å². The first-order chi connectivity index (χ1) is 12.3. The van der Waals surface area contributed by atoms with Gasteiger partial charge in [-0.2, -0.15) is 0 Å². The van der Waals surface area contributed by atoms with E-state index in [2.05, 4.69) is 10.3 Å². The summed E-state index contributed by atoms with van der Waals surface area (Å²) in [7, 11) is -3.70. The van der Waals surface area contributed by atoms with Crippen LogP contribution in [0.25, 0.3) is 0 Å². The number of rotatable bonds is 5. The molecular weight excluding hydrogens is 394 g/mol. The summed E-state index contributed by atoms with van der Waals surface area (Å²) in [5.41, 5.74) is 1.29. The van der Waals surface area contributed by atoms with Gasteiger partial charge in [-0.05, 0) is 29.8 Å². The SMILES string of the molecule is NS(=O)(=O)c1ccc(Cc2cnc(NC(=O)c3ccccc3Cl)s2)cc1. The molecule has 0 saturated carbocycles. The molecule has 0 bridgehead atoms. The van der Waals surface area contributed by atoms with E-state index in [4.69, 9.17) is 16.7 Å². The molecule has 134 valence electrons. The quantitative estimate of drug-likeness (QED) is 0.677. The van der Waals surface area contributed by atoms with Crippen molar-refractivity contribution in [1.82, 2.24) is 4.98 Å². The van der Waals surface area contributed by atoms with Crippen LogP contribution in [-0.2, 0) is 16.4 Å². The summed E-state index contributed by atoms with van der Waals surface area (Å²) in [6, 6.07) is 13.1. The summed E-state index contributed by atoms with van der Waals surface area (Å²) in [6.07, 6.45) is 2.23. The van der Waals surface area contributed by atoms with E-state index in [-0.39, 0.29) is 10.8 Å². The minimum Gasteiger partial charge on any atom is -0.298 e. The standard InChI is InChI=1S/C17H14ClN3O3S2/c18-15-4-2-1-3-14(15)16(22)21-17-20-10-12(25-17)9-11-5-7-13(8-6-11)26(19,23)24/h1-8,10H,9H2,(H2,19,23,24)(H,20,21,22). The van der Waals surface area contributed by atoms with E-state index >= 15 is 0 Å². The van der Waals surface area contributed by atoms with Crippen molar-refractivity contribution in [2.24, 2.45) is 5.14 Å². The smallest absolute Gasteiger partial charge is 0.258 e. The molecule has 0 radical (unpaired) electrons. The van der Waals surface area contributed by atoms with Crippen LogP contribution in [-0.4, -0.2) is 19.3 Å². The number of thiazole rings is 1. The van der Waals surface area contributed by atoms with Gasteiger partial charge in [0, 0.05) is 17.5 Å². The summed E-state index contributed by atoms with van der Waals surface area (Å²) in [6.45, 7) is 0. The molecule has 0 saturated heterocycles. The van der Waals surface area contributed by atoms with Crippen LogP contribution in [0.2, 0.25) is 5.02 Å². The highest BCUT2D eigenvalue weighted by atomic mass is 35.5. The summed E-state index contributed by atoms with van der Waals surface area (Å²) in [5.74, 6) is -0.325. The molecule has 3 N–H and O–H groups in total. The van der Waals surface area contributed by atoms with Crippen LogP contribution in [0.1, 0.15) is 20.8 Å². The molecule has 3 rings (SSSR count). The summed E-state index contributed by atoms with van der Waals surface area (Å²) in [5, 5.41) is 8.64. The first-order valence-corrected chi connectivity index (χ1v) is 10.2. The minimum absolute atomic E-state index is 0.0678. The Balaban J connectivity index is 1.68. The molecule has 26 heavy (non-hydrogen) atoms. The highest BCUT2D eigenvalue weighted by Crippen LogP contribution is 2.23. The third kappa shape index (κ3) is 4.47. The zero-order valence-corrected chi connectivity index (χ0v) is 15.7. The Bertz CT molecular complexity index is 1050. The number of amides is 1. The van der Waals surface area contributed by atoms with Crippen LogP contribution in [0, 0.1) is 0 Å². The average molecular weight is 408 g/mol. The fourth-order valence-corrected chi connectivity index (χ4v) is 3.83. The molecule has 0 spiro atoms. The normalized spacial score (nSPS) is 11.3. The molecule has 2 aromatic carbocycles. The number of benzene rings is 2. The number of carbonyl (C=O) groups excluding carboxylic acids is 1. The molecule has 0 atom stereocenters. The molecule has 1 heterocycles. The Morgan fingerprint density at radius 3 is 2.50 bits per heavy atom. The van der Waals surface area contributed by atoms with Crippen molar-refractivity contribution >= 4 is 44.0 Å². The Labute approximate surface area is 159 Å². The van der Waals surface area contributed by atoms with Gasteiger partial charge in [-0.15, -0.1) is 11.3 Å². The topological polar surface area (TPSA) is 102 Å². The van der Waals surface area contributed by atoms with Gasteiger partial charge in [0.25, 0.3) is 5.91 Å². The van der Waals surface area contributed by atoms with Crippen molar-refractivity contribution in [3.63, 3.8) is 0 Å². The van der Waals surface area contributed by atoms with Gasteiger partial charge in [-0.1, -0.05) is 35.9 Å². The molecule has 1 aromatic heterocycles. The molecule has 0 aliphatic rings. The highest BCUT2D eigenvalue weighted by molar-refractivity contribution is 7.89. The first-order valence-electron chi connectivity index (χ1n) is 7.45. The van der Waals surface area contributed by atoms with E-state index in [9.17, 15) is 13.2 Å². The van der Waals surface area contributed by atoms with Crippen LogP contribution in [0.15, 0.2) is 59.6 Å². The molecule has 0 unspecified atom stereocenters. The number of aromatic nitrogens is 1. The molecule has 3 aromatic rings.